The van der Waals surface area contributed by atoms with Crippen LogP contribution in [0.2, 0.25) is 0 Å². The maximum absolute atomic E-state index is 12.2. The van der Waals surface area contributed by atoms with Gasteiger partial charge in [0.1, 0.15) is 23.9 Å². The van der Waals surface area contributed by atoms with Gasteiger partial charge in [-0.15, -0.1) is 0 Å². The molecule has 1 aromatic heterocycles. The number of carbonyl (C=O) groups excluding carboxylic acids is 1. The summed E-state index contributed by atoms with van der Waals surface area (Å²) in [6.45, 7) is 2.01. The maximum atomic E-state index is 12.2. The number of nitrogens with zero attached hydrogens (tertiary/aromatic N) is 3. The number of hydrogen-bond donors (Lipinski definition) is 1. The van der Waals surface area contributed by atoms with Gasteiger partial charge in [0.25, 0.3) is 5.91 Å². The summed E-state index contributed by atoms with van der Waals surface area (Å²) in [7, 11) is 3.16. The number of aryl methyl sites for hydroxylation is 1. The fourth-order valence-corrected chi connectivity index (χ4v) is 2.69. The molecule has 0 fully saturated rings. The maximum Gasteiger partial charge on any atom is 0.260 e. The Morgan fingerprint density at radius 2 is 2.04 bits per heavy atom. The minimum Gasteiger partial charge on any atom is -0.497 e. The molecule has 0 aliphatic heterocycles. The van der Waals surface area contributed by atoms with Crippen molar-refractivity contribution in [1.29, 1.82) is 0 Å². The molecule has 3 aromatic rings. The lowest BCUT2D eigenvalue weighted by molar-refractivity contribution is -0.121. The Hall–Kier alpha value is -3.35. The molecule has 0 radical (unpaired) electrons. The Bertz CT molecular complexity index is 963. The van der Waals surface area contributed by atoms with Gasteiger partial charge in [-0.3, -0.25) is 4.79 Å². The highest BCUT2D eigenvalue weighted by atomic mass is 16.5. The van der Waals surface area contributed by atoms with Gasteiger partial charge in [-0.05, 0) is 37.3 Å². The summed E-state index contributed by atoms with van der Waals surface area (Å²) in [5, 5.41) is 4.02. The topological polar surface area (TPSA) is 77.7 Å². The molecule has 0 saturated heterocycles. The van der Waals surface area contributed by atoms with E-state index in [-0.39, 0.29) is 12.5 Å². The van der Waals surface area contributed by atoms with Crippen LogP contribution in [0.5, 0.6) is 11.5 Å². The van der Waals surface area contributed by atoms with Crippen molar-refractivity contribution in [3.63, 3.8) is 0 Å². The van der Waals surface area contributed by atoms with Crippen LogP contribution in [0.15, 0.2) is 47.6 Å². The van der Waals surface area contributed by atoms with Crippen LogP contribution < -0.4 is 14.9 Å². The average molecular weight is 352 g/mol. The van der Waals surface area contributed by atoms with E-state index < -0.39 is 0 Å². The van der Waals surface area contributed by atoms with Crippen molar-refractivity contribution in [2.75, 3.05) is 14.2 Å². The zero-order valence-electron chi connectivity index (χ0n) is 14.9. The number of benzene rings is 2. The number of amides is 1. The van der Waals surface area contributed by atoms with Gasteiger partial charge < -0.3 is 14.0 Å². The zero-order valence-corrected chi connectivity index (χ0v) is 14.9. The van der Waals surface area contributed by atoms with Crippen molar-refractivity contribution in [3.05, 3.63) is 53.9 Å². The van der Waals surface area contributed by atoms with Crippen LogP contribution in [0.3, 0.4) is 0 Å². The lowest BCUT2D eigenvalue weighted by Crippen LogP contribution is -2.23. The summed E-state index contributed by atoms with van der Waals surface area (Å²) in [5.41, 5.74) is 5.02. The Balaban J connectivity index is 1.71. The quantitative estimate of drug-likeness (QED) is 0.546. The summed E-state index contributed by atoms with van der Waals surface area (Å²) < 4.78 is 12.3. The fraction of sp³-hybridized carbons (Fsp3) is 0.211. The zero-order chi connectivity index (χ0) is 18.5. The standard InChI is InChI=1S/C19H20N4O3/c1-13-21-16-6-4-5-7-17(16)23(13)12-19(24)22-20-11-14-10-15(25-2)8-9-18(14)26-3/h4-11H,12H2,1-3H3,(H,22,24)/b20-11+. The second-order valence-electron chi connectivity index (χ2n) is 5.63. The van der Waals surface area contributed by atoms with E-state index in [0.29, 0.717) is 17.1 Å². The fourth-order valence-electron chi connectivity index (χ4n) is 2.69. The summed E-state index contributed by atoms with van der Waals surface area (Å²) in [4.78, 5) is 16.7. The van der Waals surface area contributed by atoms with Gasteiger partial charge in [0.2, 0.25) is 0 Å². The summed E-state index contributed by atoms with van der Waals surface area (Å²) in [6, 6.07) is 13.1. The van der Waals surface area contributed by atoms with Crippen LogP contribution in [0.25, 0.3) is 11.0 Å². The molecule has 0 spiro atoms. The Morgan fingerprint density at radius 3 is 2.81 bits per heavy atom. The van der Waals surface area contributed by atoms with Crippen LogP contribution in [0, 0.1) is 6.92 Å². The molecule has 1 heterocycles. The molecule has 7 heteroatoms. The average Bonchev–Trinajstić information content (AvgIpc) is 2.97. The summed E-state index contributed by atoms with van der Waals surface area (Å²) in [5.74, 6) is 1.86. The van der Waals surface area contributed by atoms with Crippen molar-refractivity contribution in [3.8, 4) is 11.5 Å². The van der Waals surface area contributed by atoms with Crippen molar-refractivity contribution in [2.24, 2.45) is 5.10 Å². The van der Waals surface area contributed by atoms with Crippen LogP contribution in [0.1, 0.15) is 11.4 Å². The van der Waals surface area contributed by atoms with Crippen molar-refractivity contribution >= 4 is 23.2 Å². The number of carbonyl (C=O) groups is 1. The van der Waals surface area contributed by atoms with Crippen LogP contribution in [0.4, 0.5) is 0 Å². The number of imidazole rings is 1. The molecule has 7 nitrogen and oxygen atoms in total. The van der Waals surface area contributed by atoms with E-state index in [9.17, 15) is 4.79 Å². The summed E-state index contributed by atoms with van der Waals surface area (Å²) >= 11 is 0. The first-order valence-electron chi connectivity index (χ1n) is 8.08. The number of fused-ring (bicyclic) bond motifs is 1. The van der Waals surface area contributed by atoms with E-state index >= 15 is 0 Å². The van der Waals surface area contributed by atoms with Gasteiger partial charge in [0.15, 0.2) is 0 Å². The Labute approximate surface area is 151 Å². The molecule has 3 rings (SSSR count). The van der Waals surface area contributed by atoms with Gasteiger partial charge in [-0.1, -0.05) is 12.1 Å². The monoisotopic (exact) mass is 352 g/mol. The van der Waals surface area contributed by atoms with E-state index in [1.165, 1.54) is 6.21 Å². The molecule has 134 valence electrons. The van der Waals surface area contributed by atoms with Gasteiger partial charge >= 0.3 is 0 Å². The predicted octanol–water partition coefficient (Wildman–Crippen LogP) is 2.51. The first kappa shape index (κ1) is 17.5. The molecular formula is C19H20N4O3. The van der Waals surface area contributed by atoms with Gasteiger partial charge in [0.05, 0.1) is 31.5 Å². The second-order valence-corrected chi connectivity index (χ2v) is 5.63. The third-order valence-electron chi connectivity index (χ3n) is 3.98. The molecule has 0 saturated carbocycles. The highest BCUT2D eigenvalue weighted by Crippen LogP contribution is 2.22. The molecule has 2 aromatic carbocycles. The number of hydrogen-bond acceptors (Lipinski definition) is 5. The number of methoxy groups -OCH3 is 2. The number of ether oxygens (including phenoxy) is 2. The highest BCUT2D eigenvalue weighted by molar-refractivity contribution is 5.86. The third kappa shape index (κ3) is 3.66. The van der Waals surface area contributed by atoms with E-state index in [2.05, 4.69) is 15.5 Å². The van der Waals surface area contributed by atoms with E-state index in [4.69, 9.17) is 9.47 Å². The van der Waals surface area contributed by atoms with Gasteiger partial charge in [-0.25, -0.2) is 10.4 Å². The number of aromatic nitrogens is 2. The smallest absolute Gasteiger partial charge is 0.260 e. The summed E-state index contributed by atoms with van der Waals surface area (Å²) in [6.07, 6.45) is 1.53. The molecule has 0 bridgehead atoms. The number of hydrazone groups is 1. The largest absolute Gasteiger partial charge is 0.497 e. The normalized spacial score (nSPS) is 11.0. The minimum absolute atomic E-state index is 0.138. The molecule has 0 unspecified atom stereocenters. The van der Waals surface area contributed by atoms with E-state index in [0.717, 1.165) is 16.9 Å². The van der Waals surface area contributed by atoms with Gasteiger partial charge in [-0.2, -0.15) is 5.10 Å². The lowest BCUT2D eigenvalue weighted by atomic mass is 10.2. The SMILES string of the molecule is COc1ccc(OC)c(/C=N/NC(=O)Cn2c(C)nc3ccccc32)c1. The molecule has 1 amide bonds. The number of nitrogens with one attached hydrogen (secondary N) is 1. The van der Waals surface area contributed by atoms with Crippen LogP contribution in [-0.4, -0.2) is 35.9 Å². The van der Waals surface area contributed by atoms with E-state index in [1.807, 2.05) is 35.8 Å². The van der Waals surface area contributed by atoms with Crippen LogP contribution >= 0.6 is 0 Å². The molecule has 0 aliphatic rings. The first-order chi connectivity index (χ1) is 12.6. The number of rotatable bonds is 6. The minimum atomic E-state index is -0.241. The molecule has 26 heavy (non-hydrogen) atoms. The molecule has 1 N–H and O–H groups in total. The third-order valence-corrected chi connectivity index (χ3v) is 3.98. The van der Waals surface area contributed by atoms with Crippen molar-refractivity contribution in [1.82, 2.24) is 15.0 Å². The van der Waals surface area contributed by atoms with Crippen molar-refractivity contribution < 1.29 is 14.3 Å². The van der Waals surface area contributed by atoms with Crippen molar-refractivity contribution in [2.45, 2.75) is 13.5 Å². The van der Waals surface area contributed by atoms with Gasteiger partial charge in [0, 0.05) is 5.56 Å². The molecule has 0 aliphatic carbocycles. The van der Waals surface area contributed by atoms with Crippen LogP contribution in [-0.2, 0) is 11.3 Å². The second kappa shape index (κ2) is 7.69. The lowest BCUT2D eigenvalue weighted by Gasteiger charge is -2.07. The molecular weight excluding hydrogens is 332 g/mol. The predicted molar refractivity (Wildman–Crippen MR) is 99.8 cm³/mol. The first-order valence-corrected chi connectivity index (χ1v) is 8.08. The Morgan fingerprint density at radius 1 is 1.23 bits per heavy atom. The Kier molecular flexibility index (Phi) is 5.17. The highest BCUT2D eigenvalue weighted by Gasteiger charge is 2.10. The number of para-hydroxylation sites is 2. The molecule has 0 atom stereocenters. The van der Waals surface area contributed by atoms with E-state index in [1.54, 1.807) is 32.4 Å².